The van der Waals surface area contributed by atoms with Gasteiger partial charge in [0.1, 0.15) is 0 Å². The Hall–Kier alpha value is -1.39. The van der Waals surface area contributed by atoms with Gasteiger partial charge in [-0.25, -0.2) is 0 Å². The van der Waals surface area contributed by atoms with Gasteiger partial charge in [0, 0.05) is 6.42 Å². The molecule has 1 aliphatic heterocycles. The van der Waals surface area contributed by atoms with Crippen molar-refractivity contribution in [2.75, 3.05) is 0 Å². The van der Waals surface area contributed by atoms with Gasteiger partial charge in [0.15, 0.2) is 0 Å². The van der Waals surface area contributed by atoms with Crippen molar-refractivity contribution in [1.82, 2.24) is 4.90 Å². The number of carboxylic acids is 1. The second-order valence-electron chi connectivity index (χ2n) is 6.03. The quantitative estimate of drug-likeness (QED) is 0.802. The molecule has 0 aromatic rings. The SMILES string of the molecule is CCC1(CC)CC(=O)N(C2CCCCC2C(=O)O)C1=O. The molecule has 0 spiro atoms. The number of carbonyl (C=O) groups excluding carboxylic acids is 2. The number of amides is 2. The Kier molecular flexibility index (Phi) is 4.16. The van der Waals surface area contributed by atoms with Gasteiger partial charge in [-0.05, 0) is 25.7 Å². The first-order valence-electron chi connectivity index (χ1n) is 7.56. The van der Waals surface area contributed by atoms with Crippen LogP contribution in [0.15, 0.2) is 0 Å². The lowest BCUT2D eigenvalue weighted by Crippen LogP contribution is -2.49. The molecule has 2 fully saturated rings. The molecule has 20 heavy (non-hydrogen) atoms. The predicted molar refractivity (Wildman–Crippen MR) is 72.9 cm³/mol. The summed E-state index contributed by atoms with van der Waals surface area (Å²) in [5.74, 6) is -1.82. The summed E-state index contributed by atoms with van der Waals surface area (Å²) in [6, 6.07) is -0.443. The second kappa shape index (κ2) is 5.54. The minimum Gasteiger partial charge on any atom is -0.481 e. The summed E-state index contributed by atoms with van der Waals surface area (Å²) in [6.45, 7) is 3.85. The van der Waals surface area contributed by atoms with E-state index >= 15 is 0 Å². The van der Waals surface area contributed by atoms with Crippen molar-refractivity contribution in [2.24, 2.45) is 11.3 Å². The summed E-state index contributed by atoms with van der Waals surface area (Å²) in [5.41, 5.74) is -0.600. The van der Waals surface area contributed by atoms with E-state index in [0.29, 0.717) is 25.7 Å². The van der Waals surface area contributed by atoms with Crippen molar-refractivity contribution in [3.8, 4) is 0 Å². The molecule has 0 radical (unpaired) electrons. The Morgan fingerprint density at radius 1 is 1.25 bits per heavy atom. The third-order valence-electron chi connectivity index (χ3n) is 5.16. The summed E-state index contributed by atoms with van der Waals surface area (Å²) in [7, 11) is 0. The molecule has 1 aliphatic carbocycles. The third kappa shape index (κ3) is 2.23. The molecule has 2 atom stereocenters. The lowest BCUT2D eigenvalue weighted by molar-refractivity contribution is -0.152. The maximum atomic E-state index is 12.7. The predicted octanol–water partition coefficient (Wildman–Crippen LogP) is 2.20. The first kappa shape index (κ1) is 15.0. The number of aliphatic carboxylic acids is 1. The monoisotopic (exact) mass is 281 g/mol. The Labute approximate surface area is 119 Å². The van der Waals surface area contributed by atoms with E-state index in [2.05, 4.69) is 0 Å². The maximum Gasteiger partial charge on any atom is 0.308 e. The van der Waals surface area contributed by atoms with Crippen LogP contribution in [0.1, 0.15) is 58.8 Å². The van der Waals surface area contributed by atoms with Crippen molar-refractivity contribution in [3.63, 3.8) is 0 Å². The fourth-order valence-corrected chi connectivity index (χ4v) is 3.67. The lowest BCUT2D eigenvalue weighted by atomic mass is 9.80. The second-order valence-corrected chi connectivity index (χ2v) is 6.03. The number of carboxylic acid groups (broad SMARTS) is 1. The first-order chi connectivity index (χ1) is 9.46. The molecule has 2 unspecified atom stereocenters. The minimum atomic E-state index is -0.888. The molecule has 2 amide bonds. The largest absolute Gasteiger partial charge is 0.481 e. The van der Waals surface area contributed by atoms with E-state index in [1.54, 1.807) is 0 Å². The van der Waals surface area contributed by atoms with Crippen LogP contribution >= 0.6 is 0 Å². The molecule has 0 aromatic heterocycles. The van der Waals surface area contributed by atoms with Crippen molar-refractivity contribution in [2.45, 2.75) is 64.8 Å². The van der Waals surface area contributed by atoms with Gasteiger partial charge < -0.3 is 5.11 Å². The van der Waals surface area contributed by atoms with E-state index in [1.165, 1.54) is 4.90 Å². The highest BCUT2D eigenvalue weighted by molar-refractivity contribution is 6.06. The van der Waals surface area contributed by atoms with Gasteiger partial charge in [-0.1, -0.05) is 26.7 Å². The van der Waals surface area contributed by atoms with E-state index in [4.69, 9.17) is 0 Å². The Balaban J connectivity index is 2.29. The van der Waals surface area contributed by atoms with E-state index in [1.807, 2.05) is 13.8 Å². The van der Waals surface area contributed by atoms with Crippen LogP contribution < -0.4 is 0 Å². The minimum absolute atomic E-state index is 0.148. The normalized spacial score (nSPS) is 29.8. The van der Waals surface area contributed by atoms with E-state index in [0.717, 1.165) is 12.8 Å². The van der Waals surface area contributed by atoms with Crippen LogP contribution in [0, 0.1) is 11.3 Å². The molecule has 2 rings (SSSR count). The number of rotatable bonds is 4. The number of hydrogen-bond donors (Lipinski definition) is 1. The lowest BCUT2D eigenvalue weighted by Gasteiger charge is -2.35. The molecule has 0 bridgehead atoms. The van der Waals surface area contributed by atoms with Gasteiger partial charge in [0.25, 0.3) is 0 Å². The molecule has 112 valence electrons. The van der Waals surface area contributed by atoms with E-state index in [-0.39, 0.29) is 18.2 Å². The van der Waals surface area contributed by atoms with Crippen LogP contribution in [0.4, 0.5) is 0 Å². The average molecular weight is 281 g/mol. The Bertz CT molecular complexity index is 428. The molecule has 1 saturated heterocycles. The molecule has 1 saturated carbocycles. The number of nitrogens with zero attached hydrogens (tertiary/aromatic N) is 1. The molecule has 5 nitrogen and oxygen atoms in total. The highest BCUT2D eigenvalue weighted by Crippen LogP contribution is 2.42. The summed E-state index contributed by atoms with van der Waals surface area (Å²) < 4.78 is 0. The average Bonchev–Trinajstić information content (AvgIpc) is 2.70. The van der Waals surface area contributed by atoms with Crippen LogP contribution in [0.3, 0.4) is 0 Å². The van der Waals surface area contributed by atoms with Crippen molar-refractivity contribution in [3.05, 3.63) is 0 Å². The highest BCUT2D eigenvalue weighted by atomic mass is 16.4. The van der Waals surface area contributed by atoms with Gasteiger partial charge in [0.05, 0.1) is 17.4 Å². The van der Waals surface area contributed by atoms with Crippen molar-refractivity contribution in [1.29, 1.82) is 0 Å². The Morgan fingerprint density at radius 3 is 2.35 bits per heavy atom. The summed E-state index contributed by atoms with van der Waals surface area (Å²) in [6.07, 6.45) is 4.43. The van der Waals surface area contributed by atoms with Gasteiger partial charge in [0.2, 0.25) is 11.8 Å². The topological polar surface area (TPSA) is 74.7 Å². The molecular formula is C15H23NO4. The molecular weight excluding hydrogens is 258 g/mol. The van der Waals surface area contributed by atoms with Crippen molar-refractivity contribution >= 4 is 17.8 Å². The first-order valence-corrected chi connectivity index (χ1v) is 7.56. The van der Waals surface area contributed by atoms with Crippen molar-refractivity contribution < 1.29 is 19.5 Å². The van der Waals surface area contributed by atoms with Gasteiger partial charge in [-0.15, -0.1) is 0 Å². The number of hydrogen-bond acceptors (Lipinski definition) is 3. The highest BCUT2D eigenvalue weighted by Gasteiger charge is 2.53. The van der Waals surface area contributed by atoms with E-state index < -0.39 is 23.3 Å². The van der Waals surface area contributed by atoms with Crippen LogP contribution in [0.2, 0.25) is 0 Å². The van der Waals surface area contributed by atoms with Gasteiger partial charge in [-0.3, -0.25) is 19.3 Å². The van der Waals surface area contributed by atoms with Gasteiger partial charge in [-0.2, -0.15) is 0 Å². The molecule has 5 heteroatoms. The van der Waals surface area contributed by atoms with Crippen LogP contribution in [0.5, 0.6) is 0 Å². The summed E-state index contributed by atoms with van der Waals surface area (Å²) in [4.78, 5) is 37.7. The van der Waals surface area contributed by atoms with Crippen LogP contribution in [-0.4, -0.2) is 33.8 Å². The van der Waals surface area contributed by atoms with Gasteiger partial charge >= 0.3 is 5.97 Å². The molecule has 1 N–H and O–H groups in total. The zero-order chi connectivity index (χ0) is 14.9. The third-order valence-corrected chi connectivity index (χ3v) is 5.16. The number of carbonyl (C=O) groups is 3. The molecule has 1 heterocycles. The van der Waals surface area contributed by atoms with E-state index in [9.17, 15) is 19.5 Å². The van der Waals surface area contributed by atoms with Crippen LogP contribution in [-0.2, 0) is 14.4 Å². The molecule has 2 aliphatic rings. The number of imide groups is 1. The number of likely N-dealkylation sites (tertiary alicyclic amines) is 1. The molecule has 0 aromatic carbocycles. The zero-order valence-corrected chi connectivity index (χ0v) is 12.2. The zero-order valence-electron chi connectivity index (χ0n) is 12.2. The summed E-state index contributed by atoms with van der Waals surface area (Å²) in [5, 5.41) is 9.34. The Morgan fingerprint density at radius 2 is 1.85 bits per heavy atom. The smallest absolute Gasteiger partial charge is 0.308 e. The maximum absolute atomic E-state index is 12.7. The fraction of sp³-hybridized carbons (Fsp3) is 0.800. The standard InChI is InChI=1S/C15H23NO4/c1-3-15(4-2)9-12(17)16(14(15)20)11-8-6-5-7-10(11)13(18)19/h10-11H,3-9H2,1-2H3,(H,18,19). The van der Waals surface area contributed by atoms with Crippen LogP contribution in [0.25, 0.3) is 0 Å². The fourth-order valence-electron chi connectivity index (χ4n) is 3.67. The summed E-state index contributed by atoms with van der Waals surface area (Å²) >= 11 is 0.